The first-order chi connectivity index (χ1) is 24.3. The van der Waals surface area contributed by atoms with Gasteiger partial charge in [-0.2, -0.15) is 0 Å². The number of hydrogen-bond acceptors (Lipinski definition) is 1. The minimum Gasteiger partial charge on any atom is -0.310 e. The van der Waals surface area contributed by atoms with Crippen LogP contribution < -0.4 is 4.90 Å². The highest BCUT2D eigenvalue weighted by Crippen LogP contribution is 2.70. The maximum absolute atomic E-state index is 2.51. The first-order valence-electron chi connectivity index (χ1n) is 18.4. The van der Waals surface area contributed by atoms with Crippen molar-refractivity contribution >= 4 is 38.6 Å². The zero-order chi connectivity index (χ0) is 32.1. The zero-order valence-corrected chi connectivity index (χ0v) is 27.7. The fourth-order valence-corrected chi connectivity index (χ4v) is 11.4. The highest BCUT2D eigenvalue weighted by molar-refractivity contribution is 6.08. The van der Waals surface area contributed by atoms with Gasteiger partial charge < -0.3 is 4.90 Å². The molecule has 1 nitrogen and oxygen atoms in total. The number of hydrogen-bond donors (Lipinski definition) is 0. The van der Waals surface area contributed by atoms with Crippen LogP contribution in [0.4, 0.5) is 17.1 Å². The van der Waals surface area contributed by atoms with Gasteiger partial charge in [0, 0.05) is 22.4 Å². The Bertz CT molecular complexity index is 2370. The van der Waals surface area contributed by atoms with Crippen molar-refractivity contribution in [3.8, 4) is 22.3 Å². The molecule has 7 aromatic carbocycles. The molecule has 4 saturated carbocycles. The molecule has 236 valence electrons. The lowest BCUT2D eigenvalue weighted by atomic mass is 9.43. The molecule has 12 rings (SSSR count). The average Bonchev–Trinajstić information content (AvgIpc) is 3.45. The van der Waals surface area contributed by atoms with Crippen molar-refractivity contribution in [1.82, 2.24) is 0 Å². The molecule has 7 aromatic rings. The summed E-state index contributed by atoms with van der Waals surface area (Å²) in [5, 5.41) is 5.19. The lowest BCUT2D eigenvalue weighted by Gasteiger charge is -2.61. The third-order valence-corrected chi connectivity index (χ3v) is 13.0. The van der Waals surface area contributed by atoms with Crippen LogP contribution in [0.1, 0.15) is 43.2 Å². The van der Waals surface area contributed by atoms with Gasteiger partial charge in [-0.05, 0) is 142 Å². The van der Waals surface area contributed by atoms with Gasteiger partial charge in [-0.15, -0.1) is 0 Å². The van der Waals surface area contributed by atoms with Crippen LogP contribution in [0.25, 0.3) is 43.8 Å². The van der Waals surface area contributed by atoms with Crippen LogP contribution in [0.2, 0.25) is 0 Å². The Morgan fingerprint density at radius 1 is 0.449 bits per heavy atom. The Labute approximate surface area is 288 Å². The minimum absolute atomic E-state index is 0.156. The van der Waals surface area contributed by atoms with Crippen LogP contribution in [0.5, 0.6) is 0 Å². The number of benzene rings is 7. The van der Waals surface area contributed by atoms with Crippen LogP contribution >= 0.6 is 0 Å². The normalized spacial score (nSPS) is 24.4. The summed E-state index contributed by atoms with van der Waals surface area (Å²) in [6, 6.07) is 57.1. The van der Waals surface area contributed by atoms with E-state index in [9.17, 15) is 0 Å². The van der Waals surface area contributed by atoms with Gasteiger partial charge in [0.1, 0.15) is 0 Å². The molecule has 0 amide bonds. The quantitative estimate of drug-likeness (QED) is 0.175. The van der Waals surface area contributed by atoms with Gasteiger partial charge in [0.15, 0.2) is 0 Å². The molecule has 0 aromatic heterocycles. The van der Waals surface area contributed by atoms with Crippen molar-refractivity contribution in [2.75, 3.05) is 4.90 Å². The first-order valence-corrected chi connectivity index (χ1v) is 18.4. The van der Waals surface area contributed by atoms with Crippen molar-refractivity contribution in [2.24, 2.45) is 23.7 Å². The van der Waals surface area contributed by atoms with Crippen LogP contribution in [-0.2, 0) is 5.41 Å². The second kappa shape index (κ2) is 10.4. The van der Waals surface area contributed by atoms with Gasteiger partial charge in [-0.1, -0.05) is 115 Å². The molecule has 0 radical (unpaired) electrons. The second-order valence-electron chi connectivity index (χ2n) is 15.4. The van der Waals surface area contributed by atoms with E-state index < -0.39 is 0 Å². The highest BCUT2D eigenvalue weighted by Gasteiger charge is 2.61. The fourth-order valence-electron chi connectivity index (χ4n) is 11.4. The summed E-state index contributed by atoms with van der Waals surface area (Å²) in [4.78, 5) is 2.51. The number of nitrogens with zero attached hydrogens (tertiary/aromatic N) is 1. The van der Waals surface area contributed by atoms with Gasteiger partial charge in [-0.3, -0.25) is 0 Å². The van der Waals surface area contributed by atoms with Crippen molar-refractivity contribution in [1.29, 1.82) is 0 Å². The maximum Gasteiger partial charge on any atom is 0.0543 e. The summed E-state index contributed by atoms with van der Waals surface area (Å²) < 4.78 is 0. The molecule has 5 aliphatic carbocycles. The third kappa shape index (κ3) is 3.93. The Morgan fingerprint density at radius 2 is 1.08 bits per heavy atom. The Morgan fingerprint density at radius 3 is 1.90 bits per heavy atom. The molecule has 0 aliphatic heterocycles. The molecule has 4 fully saturated rings. The van der Waals surface area contributed by atoms with E-state index in [1.165, 1.54) is 93.0 Å². The molecule has 1 spiro atoms. The number of fused-ring (bicyclic) bond motifs is 6. The number of rotatable bonds is 4. The molecule has 0 unspecified atom stereocenters. The molecular weight excluding hydrogens is 591 g/mol. The Kier molecular flexibility index (Phi) is 5.91. The SMILES string of the molecule is c1ccc(N(c2ccc(-c3ccc4c(ccc5ccccc54)c3)cc2)c2cccc3c2-c2ccccc2C32C3CC4CC(C3)CC2C4)cc1. The van der Waals surface area contributed by atoms with Gasteiger partial charge in [-0.25, -0.2) is 0 Å². The Hall–Kier alpha value is -5.14. The molecule has 49 heavy (non-hydrogen) atoms. The first kappa shape index (κ1) is 27.8. The summed E-state index contributed by atoms with van der Waals surface area (Å²) in [5.41, 5.74) is 12.5. The molecule has 0 N–H and O–H groups in total. The molecule has 1 heteroatoms. The summed E-state index contributed by atoms with van der Waals surface area (Å²) in [7, 11) is 0. The lowest BCUT2D eigenvalue weighted by molar-refractivity contribution is -0.0399. The average molecular weight is 630 g/mol. The van der Waals surface area contributed by atoms with Crippen molar-refractivity contribution < 1.29 is 0 Å². The predicted molar refractivity (Wildman–Crippen MR) is 205 cm³/mol. The smallest absolute Gasteiger partial charge is 0.0543 e. The summed E-state index contributed by atoms with van der Waals surface area (Å²) in [6.07, 6.45) is 7.09. The van der Waals surface area contributed by atoms with Crippen molar-refractivity contribution in [3.63, 3.8) is 0 Å². The summed E-state index contributed by atoms with van der Waals surface area (Å²) >= 11 is 0. The summed E-state index contributed by atoms with van der Waals surface area (Å²) in [5.74, 6) is 3.39. The molecule has 4 bridgehead atoms. The topological polar surface area (TPSA) is 3.24 Å². The predicted octanol–water partition coefficient (Wildman–Crippen LogP) is 12.9. The monoisotopic (exact) mass is 629 g/mol. The van der Waals surface area contributed by atoms with Crippen LogP contribution in [0.3, 0.4) is 0 Å². The van der Waals surface area contributed by atoms with E-state index in [1.807, 2.05) is 0 Å². The van der Waals surface area contributed by atoms with Crippen molar-refractivity contribution in [2.45, 2.75) is 37.5 Å². The molecule has 0 atom stereocenters. The molecule has 0 saturated heterocycles. The lowest BCUT2D eigenvalue weighted by Crippen LogP contribution is -2.55. The van der Waals surface area contributed by atoms with Gasteiger partial charge in [0.2, 0.25) is 0 Å². The van der Waals surface area contributed by atoms with Crippen LogP contribution in [0, 0.1) is 23.7 Å². The van der Waals surface area contributed by atoms with E-state index in [0.717, 1.165) is 23.7 Å². The van der Waals surface area contributed by atoms with Crippen LogP contribution in [0.15, 0.2) is 152 Å². The molecule has 5 aliphatic rings. The molecular formula is C48H39N. The summed E-state index contributed by atoms with van der Waals surface area (Å²) in [6.45, 7) is 0. The highest BCUT2D eigenvalue weighted by atomic mass is 15.1. The number of anilines is 3. The molecule has 0 heterocycles. The number of para-hydroxylation sites is 1. The van der Waals surface area contributed by atoms with Crippen LogP contribution in [-0.4, -0.2) is 0 Å². The zero-order valence-electron chi connectivity index (χ0n) is 27.7. The largest absolute Gasteiger partial charge is 0.310 e. The second-order valence-corrected chi connectivity index (χ2v) is 15.4. The minimum atomic E-state index is 0.156. The van der Waals surface area contributed by atoms with E-state index in [0.29, 0.717) is 0 Å². The van der Waals surface area contributed by atoms with E-state index in [1.54, 1.807) is 11.1 Å². The van der Waals surface area contributed by atoms with E-state index in [-0.39, 0.29) is 5.41 Å². The van der Waals surface area contributed by atoms with E-state index in [4.69, 9.17) is 0 Å². The van der Waals surface area contributed by atoms with E-state index >= 15 is 0 Å². The Balaban J connectivity index is 1.05. The van der Waals surface area contributed by atoms with Gasteiger partial charge in [0.05, 0.1) is 5.69 Å². The fraction of sp³-hybridized carbons (Fsp3) is 0.208. The third-order valence-electron chi connectivity index (χ3n) is 13.0. The maximum atomic E-state index is 2.51. The van der Waals surface area contributed by atoms with E-state index in [2.05, 4.69) is 157 Å². The van der Waals surface area contributed by atoms with Gasteiger partial charge >= 0.3 is 0 Å². The van der Waals surface area contributed by atoms with Crippen molar-refractivity contribution in [3.05, 3.63) is 163 Å². The standard InChI is InChI=1S/C48H39N/c1-2-10-39(11-3-1)49(40-22-19-33(20-23-40)35-21-24-42-36(30-35)18-17-34-9-4-5-12-41(34)42)46-16-8-15-45-47(46)43-13-6-7-14-44(43)48(45)37-26-31-25-32(28-37)29-38(48)27-31/h1-24,30-32,37-38H,25-29H2. The van der Waals surface area contributed by atoms with Gasteiger partial charge in [0.25, 0.3) is 0 Å².